The normalized spacial score (nSPS) is 22.8. The molecule has 2 atom stereocenters. The highest BCUT2D eigenvalue weighted by molar-refractivity contribution is 5.88. The Balaban J connectivity index is 1.59. The van der Waals surface area contributed by atoms with E-state index in [9.17, 15) is 9.59 Å². The van der Waals surface area contributed by atoms with Gasteiger partial charge in [-0.25, -0.2) is 0 Å². The predicted molar refractivity (Wildman–Crippen MR) is 104 cm³/mol. The summed E-state index contributed by atoms with van der Waals surface area (Å²) in [5, 5.41) is 11.3. The van der Waals surface area contributed by atoms with Crippen LogP contribution in [0.4, 0.5) is 5.69 Å². The third-order valence-electron chi connectivity index (χ3n) is 5.75. The van der Waals surface area contributed by atoms with Crippen molar-refractivity contribution in [3.63, 3.8) is 0 Å². The highest BCUT2D eigenvalue weighted by Gasteiger charge is 2.38. The van der Waals surface area contributed by atoms with Crippen molar-refractivity contribution in [2.75, 3.05) is 37.6 Å². The number of carbonyl (C=O) groups is 2. The molecule has 0 spiro atoms. The Hall–Kier alpha value is -2.55. The van der Waals surface area contributed by atoms with Crippen molar-refractivity contribution in [1.29, 1.82) is 5.26 Å². The van der Waals surface area contributed by atoms with Crippen LogP contribution in [-0.2, 0) is 9.59 Å². The fourth-order valence-electron chi connectivity index (χ4n) is 4.17. The van der Waals surface area contributed by atoms with Gasteiger partial charge >= 0.3 is 0 Å². The molecule has 6 nitrogen and oxygen atoms in total. The van der Waals surface area contributed by atoms with Crippen molar-refractivity contribution >= 4 is 17.5 Å². The predicted octanol–water partition coefficient (Wildman–Crippen LogP) is 2.09. The summed E-state index contributed by atoms with van der Waals surface area (Å²) in [6.07, 6.45) is 3.45. The van der Waals surface area contributed by atoms with Gasteiger partial charge in [0, 0.05) is 43.7 Å². The minimum Gasteiger partial charge on any atom is -0.368 e. The molecule has 6 heteroatoms. The Morgan fingerprint density at radius 3 is 2.33 bits per heavy atom. The zero-order valence-electron chi connectivity index (χ0n) is 16.0. The van der Waals surface area contributed by atoms with Gasteiger partial charge in [0.15, 0.2) is 0 Å². The van der Waals surface area contributed by atoms with Gasteiger partial charge in [-0.05, 0) is 31.9 Å². The van der Waals surface area contributed by atoms with Crippen molar-refractivity contribution in [3.8, 4) is 6.07 Å². The Kier molecular flexibility index (Phi) is 6.33. The molecule has 144 valence electrons. The average molecular weight is 368 g/mol. The van der Waals surface area contributed by atoms with Crippen molar-refractivity contribution in [1.82, 2.24) is 10.2 Å². The molecule has 3 rings (SSSR count). The van der Waals surface area contributed by atoms with Gasteiger partial charge in [0.2, 0.25) is 11.8 Å². The number of amides is 2. The topological polar surface area (TPSA) is 76.4 Å². The lowest BCUT2D eigenvalue weighted by atomic mass is 9.77. The van der Waals surface area contributed by atoms with Crippen LogP contribution in [0.15, 0.2) is 24.3 Å². The molecule has 1 aromatic carbocycles. The van der Waals surface area contributed by atoms with Gasteiger partial charge in [0.25, 0.3) is 0 Å². The maximum absolute atomic E-state index is 13.1. The number of hydrogen-bond acceptors (Lipinski definition) is 4. The van der Waals surface area contributed by atoms with Crippen LogP contribution in [0.1, 0.15) is 31.2 Å². The Bertz CT molecular complexity index is 702. The lowest BCUT2D eigenvalue weighted by Crippen LogP contribution is -2.52. The number of carbonyl (C=O) groups excluding carboxylic acids is 2. The molecule has 27 heavy (non-hydrogen) atoms. The third kappa shape index (κ3) is 4.60. The number of nitrogens with zero attached hydrogens (tertiary/aromatic N) is 3. The van der Waals surface area contributed by atoms with E-state index in [1.807, 2.05) is 11.0 Å². The van der Waals surface area contributed by atoms with Crippen LogP contribution in [0.25, 0.3) is 0 Å². The standard InChI is InChI=1S/C21H28N4O2/c1-16-6-8-17(9-7-16)24-12-14-25(15-13-24)21(27)19-5-3-2-4-18(19)20(26)23-11-10-22/h6-9,18-19H,2-5,11-15H2,1H3,(H,23,26)/t18-,19-/m1/s1. The van der Waals surface area contributed by atoms with Crippen LogP contribution >= 0.6 is 0 Å². The highest BCUT2D eigenvalue weighted by Crippen LogP contribution is 2.32. The number of aryl methyl sites for hydroxylation is 1. The molecule has 1 aromatic rings. The molecule has 2 fully saturated rings. The number of anilines is 1. The SMILES string of the molecule is Cc1ccc(N2CCN(C(=O)[C@@H]3CCCC[C@H]3C(=O)NCC#N)CC2)cc1. The molecule has 0 aromatic heterocycles. The molecule has 1 heterocycles. The third-order valence-corrected chi connectivity index (χ3v) is 5.75. The van der Waals surface area contributed by atoms with Crippen molar-refractivity contribution < 1.29 is 9.59 Å². The zero-order chi connectivity index (χ0) is 19.2. The molecule has 0 unspecified atom stereocenters. The molecule has 1 N–H and O–H groups in total. The fraction of sp³-hybridized carbons (Fsp3) is 0.571. The molecular formula is C21H28N4O2. The number of nitriles is 1. The highest BCUT2D eigenvalue weighted by atomic mass is 16.2. The minimum absolute atomic E-state index is 0.00542. The summed E-state index contributed by atoms with van der Waals surface area (Å²) < 4.78 is 0. The first-order valence-electron chi connectivity index (χ1n) is 9.85. The van der Waals surface area contributed by atoms with Crippen molar-refractivity contribution in [2.45, 2.75) is 32.6 Å². The van der Waals surface area contributed by atoms with E-state index in [-0.39, 0.29) is 30.2 Å². The number of nitrogens with one attached hydrogen (secondary N) is 1. The van der Waals surface area contributed by atoms with Gasteiger partial charge in [0.1, 0.15) is 6.54 Å². The lowest BCUT2D eigenvalue weighted by molar-refractivity contribution is -0.143. The summed E-state index contributed by atoms with van der Waals surface area (Å²) in [5.74, 6) is -0.582. The van der Waals surface area contributed by atoms with E-state index in [1.54, 1.807) is 0 Å². The molecule has 1 saturated carbocycles. The van der Waals surface area contributed by atoms with Gasteiger partial charge in [-0.1, -0.05) is 30.5 Å². The first-order chi connectivity index (χ1) is 13.1. The van der Waals surface area contributed by atoms with E-state index in [1.165, 1.54) is 11.3 Å². The van der Waals surface area contributed by atoms with E-state index in [0.29, 0.717) is 13.1 Å². The Morgan fingerprint density at radius 2 is 1.70 bits per heavy atom. The molecular weight excluding hydrogens is 340 g/mol. The largest absolute Gasteiger partial charge is 0.368 e. The number of hydrogen-bond donors (Lipinski definition) is 1. The van der Waals surface area contributed by atoms with Crippen LogP contribution in [0.2, 0.25) is 0 Å². The van der Waals surface area contributed by atoms with E-state index in [2.05, 4.69) is 41.4 Å². The second-order valence-electron chi connectivity index (χ2n) is 7.52. The molecule has 2 aliphatic rings. The summed E-state index contributed by atoms with van der Waals surface area (Å²) in [4.78, 5) is 29.7. The molecule has 1 saturated heterocycles. The number of rotatable bonds is 4. The first kappa shape index (κ1) is 19.2. The van der Waals surface area contributed by atoms with Crippen molar-refractivity contribution in [3.05, 3.63) is 29.8 Å². The van der Waals surface area contributed by atoms with Crippen LogP contribution < -0.4 is 10.2 Å². The molecule has 2 amide bonds. The maximum Gasteiger partial charge on any atom is 0.226 e. The van der Waals surface area contributed by atoms with E-state index >= 15 is 0 Å². The Labute approximate surface area is 161 Å². The minimum atomic E-state index is -0.297. The van der Waals surface area contributed by atoms with Gasteiger partial charge in [-0.15, -0.1) is 0 Å². The molecule has 1 aliphatic heterocycles. The average Bonchev–Trinajstić information content (AvgIpc) is 2.72. The van der Waals surface area contributed by atoms with E-state index in [0.717, 1.165) is 38.8 Å². The van der Waals surface area contributed by atoms with Crippen LogP contribution in [0, 0.1) is 30.1 Å². The van der Waals surface area contributed by atoms with Gasteiger partial charge in [-0.2, -0.15) is 5.26 Å². The molecule has 0 radical (unpaired) electrons. The Morgan fingerprint density at radius 1 is 1.07 bits per heavy atom. The summed E-state index contributed by atoms with van der Waals surface area (Å²) in [5.41, 5.74) is 2.43. The second-order valence-corrected chi connectivity index (χ2v) is 7.52. The second kappa shape index (κ2) is 8.90. The maximum atomic E-state index is 13.1. The quantitative estimate of drug-likeness (QED) is 0.826. The summed E-state index contributed by atoms with van der Waals surface area (Å²) in [7, 11) is 0. The van der Waals surface area contributed by atoms with Crippen LogP contribution in [-0.4, -0.2) is 49.4 Å². The summed E-state index contributed by atoms with van der Waals surface area (Å²) in [6.45, 7) is 5.09. The van der Waals surface area contributed by atoms with Gasteiger partial charge < -0.3 is 15.1 Å². The fourth-order valence-corrected chi connectivity index (χ4v) is 4.17. The smallest absolute Gasteiger partial charge is 0.226 e. The lowest BCUT2D eigenvalue weighted by Gasteiger charge is -2.39. The zero-order valence-corrected chi connectivity index (χ0v) is 16.0. The van der Waals surface area contributed by atoms with Gasteiger partial charge in [0.05, 0.1) is 6.07 Å². The summed E-state index contributed by atoms with van der Waals surface area (Å²) in [6, 6.07) is 10.4. The van der Waals surface area contributed by atoms with E-state index < -0.39 is 0 Å². The molecule has 1 aliphatic carbocycles. The number of benzene rings is 1. The van der Waals surface area contributed by atoms with Gasteiger partial charge in [-0.3, -0.25) is 9.59 Å². The van der Waals surface area contributed by atoms with Crippen LogP contribution in [0.5, 0.6) is 0 Å². The van der Waals surface area contributed by atoms with Crippen molar-refractivity contribution in [2.24, 2.45) is 11.8 Å². The monoisotopic (exact) mass is 368 g/mol. The number of piperazine rings is 1. The van der Waals surface area contributed by atoms with E-state index in [4.69, 9.17) is 5.26 Å². The molecule has 0 bridgehead atoms. The van der Waals surface area contributed by atoms with Crippen LogP contribution in [0.3, 0.4) is 0 Å². The summed E-state index contributed by atoms with van der Waals surface area (Å²) >= 11 is 0. The first-order valence-corrected chi connectivity index (χ1v) is 9.85.